The Kier molecular flexibility index (Phi) is 2.96. The smallest absolute Gasteiger partial charge is 0.179 e. The van der Waals surface area contributed by atoms with Gasteiger partial charge in [-0.15, -0.1) is 6.58 Å². The third-order valence-electron chi connectivity index (χ3n) is 2.69. The highest BCUT2D eigenvalue weighted by Crippen LogP contribution is 2.18. The van der Waals surface area contributed by atoms with Crippen LogP contribution in [0.4, 0.5) is 0 Å². The Morgan fingerprint density at radius 1 is 1.56 bits per heavy atom. The number of aromatic nitrogens is 4. The molecule has 0 radical (unpaired) electrons. The van der Waals surface area contributed by atoms with E-state index in [1.807, 2.05) is 17.7 Å². The van der Waals surface area contributed by atoms with E-state index in [1.54, 1.807) is 0 Å². The summed E-state index contributed by atoms with van der Waals surface area (Å²) in [7, 11) is 0. The number of nitrogens with zero attached hydrogens (tertiary/aromatic N) is 3. The molecule has 0 saturated heterocycles. The normalized spacial score (nSPS) is 11.1. The fourth-order valence-electron chi connectivity index (χ4n) is 1.91. The van der Waals surface area contributed by atoms with Gasteiger partial charge in [-0.05, 0) is 32.5 Å². The maximum Gasteiger partial charge on any atom is 0.179 e. The molecule has 5 heteroatoms. The molecular weight excluding hydrogens is 220 g/mol. The summed E-state index contributed by atoms with van der Waals surface area (Å²) in [6.45, 7) is 9.53. The Morgan fingerprint density at radius 3 is 2.94 bits per heavy atom. The minimum atomic E-state index is 0.763. The maximum absolute atomic E-state index is 5.32. The predicted molar refractivity (Wildman–Crippen MR) is 68.1 cm³/mol. The summed E-state index contributed by atoms with van der Waals surface area (Å²) in [5.41, 5.74) is 3.14. The molecule has 0 unspecified atom stereocenters. The number of H-pyrrole nitrogens is 1. The summed E-state index contributed by atoms with van der Waals surface area (Å²) in [6, 6.07) is 0. The molecule has 2 aromatic rings. The van der Waals surface area contributed by atoms with Crippen LogP contribution < -0.4 is 0 Å². The van der Waals surface area contributed by atoms with Gasteiger partial charge in [-0.1, -0.05) is 6.08 Å². The second-order valence-corrected chi connectivity index (χ2v) is 4.15. The van der Waals surface area contributed by atoms with E-state index in [-0.39, 0.29) is 0 Å². The number of aromatic amines is 1. The molecule has 0 bridgehead atoms. The highest BCUT2D eigenvalue weighted by Gasteiger charge is 2.12. The summed E-state index contributed by atoms with van der Waals surface area (Å²) >= 11 is 5.32. The Labute approximate surface area is 99.6 Å². The van der Waals surface area contributed by atoms with E-state index < -0.39 is 0 Å². The number of nitrogens with one attached hydrogen (secondary N) is 1. The van der Waals surface area contributed by atoms with Gasteiger partial charge >= 0.3 is 0 Å². The molecule has 2 rings (SSSR count). The molecule has 0 aliphatic rings. The zero-order valence-electron chi connectivity index (χ0n) is 9.66. The van der Waals surface area contributed by atoms with Crippen molar-refractivity contribution >= 4 is 23.4 Å². The maximum atomic E-state index is 5.32. The molecule has 1 N–H and O–H groups in total. The van der Waals surface area contributed by atoms with Gasteiger partial charge < -0.3 is 9.55 Å². The summed E-state index contributed by atoms with van der Waals surface area (Å²) in [5, 5.41) is 4.47. The standard InChI is InChI=1S/C11H16N4S/c1-4-6-7-14-10-9(12-11(14)16)8(3)13-15(10)5-2/h4H,1,5-7H2,2-3H3,(H,12,16). The SMILES string of the molecule is C=CCCn1c(=S)[nH]c2c(C)nn(CC)c21. The molecule has 0 spiro atoms. The van der Waals surface area contributed by atoms with Crippen molar-refractivity contribution in [3.63, 3.8) is 0 Å². The number of imidazole rings is 1. The zero-order valence-corrected chi connectivity index (χ0v) is 10.5. The minimum Gasteiger partial charge on any atom is -0.328 e. The summed E-state index contributed by atoms with van der Waals surface area (Å²) in [6.07, 6.45) is 2.81. The topological polar surface area (TPSA) is 38.5 Å². The Bertz CT molecular complexity index is 573. The lowest BCUT2D eigenvalue weighted by Gasteiger charge is -2.03. The van der Waals surface area contributed by atoms with Crippen molar-refractivity contribution in [3.05, 3.63) is 23.1 Å². The lowest BCUT2D eigenvalue weighted by molar-refractivity contribution is 0.627. The van der Waals surface area contributed by atoms with E-state index in [9.17, 15) is 0 Å². The predicted octanol–water partition coefficient (Wildman–Crippen LogP) is 2.80. The molecular formula is C11H16N4S. The largest absolute Gasteiger partial charge is 0.328 e. The first-order valence-electron chi connectivity index (χ1n) is 5.45. The van der Waals surface area contributed by atoms with Crippen LogP contribution in [0.2, 0.25) is 0 Å². The zero-order chi connectivity index (χ0) is 11.7. The average molecular weight is 236 g/mol. The van der Waals surface area contributed by atoms with Crippen molar-refractivity contribution in [3.8, 4) is 0 Å². The van der Waals surface area contributed by atoms with E-state index in [4.69, 9.17) is 12.2 Å². The molecule has 0 aromatic carbocycles. The van der Waals surface area contributed by atoms with Crippen molar-refractivity contribution in [1.82, 2.24) is 19.3 Å². The van der Waals surface area contributed by atoms with Crippen molar-refractivity contribution < 1.29 is 0 Å². The number of hydrogen-bond acceptors (Lipinski definition) is 2. The highest BCUT2D eigenvalue weighted by molar-refractivity contribution is 7.71. The fourth-order valence-corrected chi connectivity index (χ4v) is 2.19. The second kappa shape index (κ2) is 4.25. The molecule has 0 aliphatic heterocycles. The summed E-state index contributed by atoms with van der Waals surface area (Å²) in [4.78, 5) is 3.22. The first kappa shape index (κ1) is 11.1. The van der Waals surface area contributed by atoms with Gasteiger partial charge in [-0.2, -0.15) is 5.10 Å². The van der Waals surface area contributed by atoms with Crippen LogP contribution in [-0.2, 0) is 13.1 Å². The Balaban J connectivity index is 2.65. The number of aryl methyl sites for hydroxylation is 3. The van der Waals surface area contributed by atoms with Gasteiger partial charge in [0.25, 0.3) is 0 Å². The van der Waals surface area contributed by atoms with Crippen LogP contribution in [0.3, 0.4) is 0 Å². The molecule has 0 atom stereocenters. The van der Waals surface area contributed by atoms with Crippen molar-refractivity contribution in [2.24, 2.45) is 0 Å². The van der Waals surface area contributed by atoms with Crippen LogP contribution >= 0.6 is 12.2 Å². The second-order valence-electron chi connectivity index (χ2n) is 3.76. The van der Waals surface area contributed by atoms with Gasteiger partial charge in [0.2, 0.25) is 0 Å². The van der Waals surface area contributed by atoms with Gasteiger partial charge in [0, 0.05) is 13.1 Å². The monoisotopic (exact) mass is 236 g/mol. The van der Waals surface area contributed by atoms with Crippen LogP contribution in [0.5, 0.6) is 0 Å². The van der Waals surface area contributed by atoms with Crippen LogP contribution in [0, 0.1) is 11.7 Å². The Hall–Kier alpha value is -1.36. The van der Waals surface area contributed by atoms with Gasteiger partial charge in [0.1, 0.15) is 5.52 Å². The first-order valence-corrected chi connectivity index (χ1v) is 5.86. The van der Waals surface area contributed by atoms with Gasteiger partial charge in [-0.3, -0.25) is 0 Å². The van der Waals surface area contributed by atoms with E-state index in [0.29, 0.717) is 0 Å². The molecule has 16 heavy (non-hydrogen) atoms. The number of rotatable bonds is 4. The molecule has 0 aliphatic carbocycles. The quantitative estimate of drug-likeness (QED) is 0.655. The van der Waals surface area contributed by atoms with Crippen molar-refractivity contribution in [2.45, 2.75) is 33.4 Å². The fraction of sp³-hybridized carbons (Fsp3) is 0.455. The number of hydrogen-bond donors (Lipinski definition) is 1. The number of fused-ring (bicyclic) bond motifs is 1. The third kappa shape index (κ3) is 1.61. The van der Waals surface area contributed by atoms with Crippen molar-refractivity contribution in [2.75, 3.05) is 0 Å². The van der Waals surface area contributed by atoms with E-state index in [1.165, 1.54) is 0 Å². The number of allylic oxidation sites excluding steroid dienone is 1. The molecule has 4 nitrogen and oxygen atoms in total. The highest BCUT2D eigenvalue weighted by atomic mass is 32.1. The van der Waals surface area contributed by atoms with E-state index in [0.717, 1.165) is 41.1 Å². The lowest BCUT2D eigenvalue weighted by Crippen LogP contribution is -2.05. The molecule has 2 heterocycles. The van der Waals surface area contributed by atoms with Crippen LogP contribution in [0.25, 0.3) is 11.2 Å². The van der Waals surface area contributed by atoms with Crippen LogP contribution in [0.15, 0.2) is 12.7 Å². The molecule has 0 fully saturated rings. The van der Waals surface area contributed by atoms with Crippen molar-refractivity contribution in [1.29, 1.82) is 0 Å². The van der Waals surface area contributed by atoms with Crippen LogP contribution in [0.1, 0.15) is 19.0 Å². The van der Waals surface area contributed by atoms with Gasteiger partial charge in [0.15, 0.2) is 10.4 Å². The minimum absolute atomic E-state index is 0.763. The molecule has 2 aromatic heterocycles. The first-order chi connectivity index (χ1) is 7.69. The van der Waals surface area contributed by atoms with E-state index in [2.05, 4.69) is 28.2 Å². The third-order valence-corrected chi connectivity index (χ3v) is 3.01. The average Bonchev–Trinajstić information content (AvgIpc) is 2.74. The Morgan fingerprint density at radius 2 is 2.31 bits per heavy atom. The van der Waals surface area contributed by atoms with Gasteiger partial charge in [-0.25, -0.2) is 4.68 Å². The molecule has 0 saturated carbocycles. The van der Waals surface area contributed by atoms with E-state index >= 15 is 0 Å². The van der Waals surface area contributed by atoms with Gasteiger partial charge in [0.05, 0.1) is 5.69 Å². The van der Waals surface area contributed by atoms with Crippen LogP contribution in [-0.4, -0.2) is 19.3 Å². The summed E-state index contributed by atoms with van der Waals surface area (Å²) < 4.78 is 4.84. The molecule has 0 amide bonds. The molecule has 86 valence electrons. The lowest BCUT2D eigenvalue weighted by atomic mass is 10.4. The summed E-state index contributed by atoms with van der Waals surface area (Å²) in [5.74, 6) is 0.